The van der Waals surface area contributed by atoms with E-state index in [-0.39, 0.29) is 29.5 Å². The van der Waals surface area contributed by atoms with E-state index in [1.807, 2.05) is 30.3 Å². The van der Waals surface area contributed by atoms with Gasteiger partial charge in [0.05, 0.1) is 23.3 Å². The number of nitrogens with zero attached hydrogens (tertiary/aromatic N) is 1. The minimum absolute atomic E-state index is 0.136. The van der Waals surface area contributed by atoms with Crippen molar-refractivity contribution in [2.24, 2.45) is 0 Å². The maximum absolute atomic E-state index is 12.4. The number of nitro groups is 1. The zero-order valence-corrected chi connectivity index (χ0v) is 16.8. The van der Waals surface area contributed by atoms with E-state index in [9.17, 15) is 19.7 Å². The van der Waals surface area contributed by atoms with Crippen LogP contribution in [-0.2, 0) is 9.53 Å². The number of amides is 1. The highest BCUT2D eigenvalue weighted by Crippen LogP contribution is 2.35. The van der Waals surface area contributed by atoms with Crippen LogP contribution in [0.15, 0.2) is 60.7 Å². The van der Waals surface area contributed by atoms with Gasteiger partial charge in [-0.3, -0.25) is 14.9 Å². The first-order valence-corrected chi connectivity index (χ1v) is 9.83. The van der Waals surface area contributed by atoms with E-state index < -0.39 is 16.8 Å². The third-order valence-electron chi connectivity index (χ3n) is 3.92. The highest BCUT2D eigenvalue weighted by molar-refractivity contribution is 7.18. The van der Waals surface area contributed by atoms with Crippen LogP contribution in [0.5, 0.6) is 5.75 Å². The van der Waals surface area contributed by atoms with E-state index in [0.717, 1.165) is 10.4 Å². The highest BCUT2D eigenvalue weighted by Gasteiger charge is 2.20. The molecule has 1 heterocycles. The Morgan fingerprint density at radius 3 is 2.57 bits per heavy atom. The van der Waals surface area contributed by atoms with E-state index >= 15 is 0 Å². The molecule has 1 amide bonds. The van der Waals surface area contributed by atoms with Crippen molar-refractivity contribution >= 4 is 34.6 Å². The first kappa shape index (κ1) is 21.0. The van der Waals surface area contributed by atoms with Crippen molar-refractivity contribution in [1.29, 1.82) is 0 Å². The van der Waals surface area contributed by atoms with Crippen LogP contribution < -0.4 is 10.1 Å². The van der Waals surface area contributed by atoms with Crippen molar-refractivity contribution in [2.45, 2.75) is 6.92 Å². The molecule has 0 fully saturated rings. The Bertz CT molecular complexity index is 1060. The number of anilines is 1. The highest BCUT2D eigenvalue weighted by atomic mass is 32.1. The van der Waals surface area contributed by atoms with Crippen LogP contribution in [0, 0.1) is 10.1 Å². The number of esters is 1. The van der Waals surface area contributed by atoms with Gasteiger partial charge >= 0.3 is 5.97 Å². The number of thiophene rings is 1. The second kappa shape index (κ2) is 9.66. The molecule has 0 radical (unpaired) electrons. The van der Waals surface area contributed by atoms with Gasteiger partial charge in [0.25, 0.3) is 11.6 Å². The SMILES string of the molecule is CCOC(=O)c1sc(-c2ccccc2)cc1NC(=O)COc1cccc([N+](=O)[O-])c1. The molecule has 0 aliphatic rings. The number of benzene rings is 2. The fraction of sp³-hybridized carbons (Fsp3) is 0.143. The number of non-ortho nitro benzene ring substituents is 1. The van der Waals surface area contributed by atoms with E-state index in [0.29, 0.717) is 5.69 Å². The van der Waals surface area contributed by atoms with E-state index in [1.165, 1.54) is 35.6 Å². The molecule has 0 unspecified atom stereocenters. The van der Waals surface area contributed by atoms with Crippen molar-refractivity contribution in [2.75, 3.05) is 18.5 Å². The zero-order valence-electron chi connectivity index (χ0n) is 16.0. The average Bonchev–Trinajstić information content (AvgIpc) is 3.17. The molecule has 1 aromatic heterocycles. The van der Waals surface area contributed by atoms with Crippen LogP contribution in [0.2, 0.25) is 0 Å². The van der Waals surface area contributed by atoms with E-state index in [4.69, 9.17) is 9.47 Å². The Morgan fingerprint density at radius 2 is 1.87 bits per heavy atom. The number of hydrogen-bond donors (Lipinski definition) is 1. The van der Waals surface area contributed by atoms with Crippen molar-refractivity contribution in [3.05, 3.63) is 75.7 Å². The van der Waals surface area contributed by atoms with Gasteiger partial charge in [-0.2, -0.15) is 0 Å². The lowest BCUT2D eigenvalue weighted by atomic mass is 10.2. The molecule has 3 aromatic rings. The van der Waals surface area contributed by atoms with Crippen molar-refractivity contribution in [3.63, 3.8) is 0 Å². The summed E-state index contributed by atoms with van der Waals surface area (Å²) in [6.45, 7) is 1.54. The van der Waals surface area contributed by atoms with Gasteiger partial charge in [-0.1, -0.05) is 36.4 Å². The van der Waals surface area contributed by atoms with Gasteiger partial charge in [-0.15, -0.1) is 11.3 Å². The fourth-order valence-corrected chi connectivity index (χ4v) is 3.61. The van der Waals surface area contributed by atoms with Crippen molar-refractivity contribution in [3.8, 4) is 16.2 Å². The first-order valence-electron chi connectivity index (χ1n) is 9.01. The Morgan fingerprint density at radius 1 is 1.10 bits per heavy atom. The van der Waals surface area contributed by atoms with Gasteiger partial charge in [-0.05, 0) is 24.6 Å². The lowest BCUT2D eigenvalue weighted by molar-refractivity contribution is -0.384. The van der Waals surface area contributed by atoms with Crippen LogP contribution in [0.1, 0.15) is 16.6 Å². The predicted molar refractivity (Wildman–Crippen MR) is 113 cm³/mol. The molecule has 0 atom stereocenters. The molecule has 0 spiro atoms. The molecule has 0 saturated heterocycles. The van der Waals surface area contributed by atoms with Crippen LogP contribution in [0.4, 0.5) is 11.4 Å². The number of rotatable bonds is 8. The average molecular weight is 426 g/mol. The standard InChI is InChI=1S/C21H18N2O6S/c1-2-28-21(25)20-17(12-18(30-20)14-7-4-3-5-8-14)22-19(24)13-29-16-10-6-9-15(11-16)23(26)27/h3-12H,2,13H2,1H3,(H,22,24). The first-order chi connectivity index (χ1) is 14.5. The van der Waals surface area contributed by atoms with Crippen molar-refractivity contribution in [1.82, 2.24) is 0 Å². The van der Waals surface area contributed by atoms with Gasteiger partial charge in [0, 0.05) is 10.9 Å². The molecule has 0 bridgehead atoms. The van der Waals surface area contributed by atoms with Crippen LogP contribution in [-0.4, -0.2) is 30.0 Å². The number of carbonyl (C=O) groups excluding carboxylic acids is 2. The Labute approximate surface area is 176 Å². The monoisotopic (exact) mass is 426 g/mol. The largest absolute Gasteiger partial charge is 0.484 e. The fourth-order valence-electron chi connectivity index (χ4n) is 2.60. The number of nitrogens with one attached hydrogen (secondary N) is 1. The summed E-state index contributed by atoms with van der Waals surface area (Å²) in [6.07, 6.45) is 0. The smallest absolute Gasteiger partial charge is 0.350 e. The summed E-state index contributed by atoms with van der Waals surface area (Å²) >= 11 is 1.22. The number of nitro benzene ring substituents is 1. The molecule has 2 aromatic carbocycles. The van der Waals surface area contributed by atoms with Gasteiger partial charge in [0.1, 0.15) is 10.6 Å². The molecule has 9 heteroatoms. The lowest BCUT2D eigenvalue weighted by Crippen LogP contribution is -2.21. The molecular formula is C21H18N2O6S. The summed E-state index contributed by atoms with van der Waals surface area (Å²) in [7, 11) is 0. The zero-order chi connectivity index (χ0) is 21.5. The maximum Gasteiger partial charge on any atom is 0.350 e. The maximum atomic E-state index is 12.4. The summed E-state index contributed by atoms with van der Waals surface area (Å²) in [6, 6.07) is 16.7. The minimum Gasteiger partial charge on any atom is -0.484 e. The summed E-state index contributed by atoms with van der Waals surface area (Å²) in [5.41, 5.74) is 1.09. The summed E-state index contributed by atoms with van der Waals surface area (Å²) < 4.78 is 10.4. The Kier molecular flexibility index (Phi) is 6.76. The minimum atomic E-state index is -0.547. The molecule has 0 saturated carbocycles. The summed E-state index contributed by atoms with van der Waals surface area (Å²) in [5, 5.41) is 13.5. The second-order valence-electron chi connectivity index (χ2n) is 6.03. The number of ether oxygens (including phenoxy) is 2. The van der Waals surface area contributed by atoms with Gasteiger partial charge in [0.15, 0.2) is 6.61 Å². The third kappa shape index (κ3) is 5.21. The topological polar surface area (TPSA) is 108 Å². The van der Waals surface area contributed by atoms with Crippen LogP contribution in [0.3, 0.4) is 0 Å². The molecule has 1 N–H and O–H groups in total. The Balaban J connectivity index is 1.75. The molecule has 3 rings (SSSR count). The summed E-state index contributed by atoms with van der Waals surface area (Å²) in [4.78, 5) is 36.0. The lowest BCUT2D eigenvalue weighted by Gasteiger charge is -2.08. The molecule has 30 heavy (non-hydrogen) atoms. The third-order valence-corrected chi connectivity index (χ3v) is 5.09. The second-order valence-corrected chi connectivity index (χ2v) is 7.08. The molecule has 0 aliphatic heterocycles. The molecule has 8 nitrogen and oxygen atoms in total. The normalized spacial score (nSPS) is 10.3. The molecule has 0 aliphatic carbocycles. The number of carbonyl (C=O) groups is 2. The van der Waals surface area contributed by atoms with E-state index in [2.05, 4.69) is 5.32 Å². The Hall–Kier alpha value is -3.72. The molecule has 154 valence electrons. The molecular weight excluding hydrogens is 408 g/mol. The van der Waals surface area contributed by atoms with E-state index in [1.54, 1.807) is 13.0 Å². The van der Waals surface area contributed by atoms with Gasteiger partial charge in [-0.25, -0.2) is 4.79 Å². The van der Waals surface area contributed by atoms with Crippen LogP contribution >= 0.6 is 11.3 Å². The van der Waals surface area contributed by atoms with Gasteiger partial charge < -0.3 is 14.8 Å². The predicted octanol–water partition coefficient (Wildman–Crippen LogP) is 4.52. The van der Waals surface area contributed by atoms with Crippen molar-refractivity contribution < 1.29 is 24.0 Å². The van der Waals surface area contributed by atoms with Crippen LogP contribution in [0.25, 0.3) is 10.4 Å². The number of hydrogen-bond acceptors (Lipinski definition) is 7. The van der Waals surface area contributed by atoms with Gasteiger partial charge in [0.2, 0.25) is 0 Å². The summed E-state index contributed by atoms with van der Waals surface area (Å²) in [5.74, 6) is -0.843. The quantitative estimate of drug-likeness (QED) is 0.322.